The number of amides is 1. The second-order valence-corrected chi connectivity index (χ2v) is 6.27. The maximum absolute atomic E-state index is 12.4. The van der Waals surface area contributed by atoms with Gasteiger partial charge in [-0.15, -0.1) is 0 Å². The van der Waals surface area contributed by atoms with Gasteiger partial charge in [0.05, 0.1) is 11.5 Å². The molecule has 23 heavy (non-hydrogen) atoms. The predicted octanol–water partition coefficient (Wildman–Crippen LogP) is 2.31. The van der Waals surface area contributed by atoms with E-state index >= 15 is 0 Å². The molecule has 1 amide bonds. The van der Waals surface area contributed by atoms with Crippen LogP contribution in [0.25, 0.3) is 0 Å². The van der Waals surface area contributed by atoms with Crippen molar-refractivity contribution in [2.45, 2.75) is 32.1 Å². The fraction of sp³-hybridized carbons (Fsp3) is 0.471. The highest BCUT2D eigenvalue weighted by atomic mass is 16.5. The molecule has 1 fully saturated rings. The Labute approximate surface area is 135 Å². The van der Waals surface area contributed by atoms with Crippen LogP contribution in [0.5, 0.6) is 0 Å². The first-order valence-electron chi connectivity index (χ1n) is 7.46. The number of hydrogen-bond acceptors (Lipinski definition) is 4. The molecule has 2 rings (SSSR count). The Bertz CT molecular complexity index is 638. The van der Waals surface area contributed by atoms with Crippen LogP contribution in [0, 0.1) is 16.7 Å². The molecule has 1 aromatic rings. The molecule has 0 unspecified atom stereocenters. The summed E-state index contributed by atoms with van der Waals surface area (Å²) in [6.07, 6.45) is 0.749. The van der Waals surface area contributed by atoms with Crippen molar-refractivity contribution in [1.82, 2.24) is 0 Å². The van der Waals surface area contributed by atoms with Crippen molar-refractivity contribution in [2.24, 2.45) is 5.41 Å². The monoisotopic (exact) mass is 316 g/mol. The number of anilines is 1. The fourth-order valence-corrected chi connectivity index (χ4v) is 2.45. The Hall–Kier alpha value is -2.39. The predicted molar refractivity (Wildman–Crippen MR) is 83.8 cm³/mol. The second-order valence-electron chi connectivity index (χ2n) is 6.27. The number of hydrogen-bond donors (Lipinski definition) is 2. The number of nitrogens with one attached hydrogen (secondary N) is 1. The summed E-state index contributed by atoms with van der Waals surface area (Å²) < 4.78 is 5.22. The van der Waals surface area contributed by atoms with Crippen molar-refractivity contribution in [3.8, 4) is 6.07 Å². The summed E-state index contributed by atoms with van der Waals surface area (Å²) in [6.45, 7) is 4.03. The summed E-state index contributed by atoms with van der Waals surface area (Å²) in [4.78, 5) is 23.7. The van der Waals surface area contributed by atoms with Crippen molar-refractivity contribution in [1.29, 1.82) is 5.26 Å². The average Bonchev–Trinajstić information content (AvgIpc) is 2.55. The fourth-order valence-electron chi connectivity index (χ4n) is 2.45. The zero-order valence-corrected chi connectivity index (χ0v) is 13.3. The van der Waals surface area contributed by atoms with Gasteiger partial charge in [0.2, 0.25) is 5.91 Å². The molecule has 6 nitrogen and oxygen atoms in total. The van der Waals surface area contributed by atoms with E-state index in [-0.39, 0.29) is 5.91 Å². The van der Waals surface area contributed by atoms with Crippen molar-refractivity contribution in [2.75, 3.05) is 18.5 Å². The van der Waals surface area contributed by atoms with Gasteiger partial charge in [-0.3, -0.25) is 9.59 Å². The maximum atomic E-state index is 12.4. The number of nitrogens with zero attached hydrogens (tertiary/aromatic N) is 1. The average molecular weight is 316 g/mol. The third-order valence-corrected chi connectivity index (χ3v) is 4.39. The van der Waals surface area contributed by atoms with Crippen LogP contribution in [0.2, 0.25) is 0 Å². The molecular formula is C17H20N2O4. The van der Waals surface area contributed by atoms with Crippen LogP contribution in [0.4, 0.5) is 5.69 Å². The van der Waals surface area contributed by atoms with Gasteiger partial charge in [-0.2, -0.15) is 5.26 Å². The Morgan fingerprint density at radius 3 is 2.30 bits per heavy atom. The minimum atomic E-state index is -1.06. The van der Waals surface area contributed by atoms with Gasteiger partial charge in [-0.05, 0) is 44.4 Å². The number of carboxylic acids is 1. The van der Waals surface area contributed by atoms with E-state index in [1.165, 1.54) is 0 Å². The molecule has 1 heterocycles. The van der Waals surface area contributed by atoms with E-state index in [9.17, 15) is 20.0 Å². The third kappa shape index (κ3) is 3.35. The Morgan fingerprint density at radius 1 is 1.26 bits per heavy atom. The van der Waals surface area contributed by atoms with E-state index in [0.29, 0.717) is 37.3 Å². The maximum Gasteiger partial charge on any atom is 0.313 e. The van der Waals surface area contributed by atoms with E-state index in [0.717, 1.165) is 0 Å². The quantitative estimate of drug-likeness (QED) is 0.888. The van der Waals surface area contributed by atoms with Gasteiger partial charge < -0.3 is 15.2 Å². The van der Waals surface area contributed by atoms with E-state index in [2.05, 4.69) is 11.4 Å². The summed E-state index contributed by atoms with van der Waals surface area (Å²) in [5.41, 5.74) is -0.876. The first-order valence-corrected chi connectivity index (χ1v) is 7.46. The lowest BCUT2D eigenvalue weighted by Gasteiger charge is -2.29. The summed E-state index contributed by atoms with van der Waals surface area (Å²) in [5.74, 6) is -1.26. The van der Waals surface area contributed by atoms with Gasteiger partial charge >= 0.3 is 5.97 Å². The second kappa shape index (κ2) is 6.39. The molecule has 1 saturated heterocycles. The summed E-state index contributed by atoms with van der Waals surface area (Å²) in [5, 5.41) is 21.3. The van der Waals surface area contributed by atoms with E-state index in [1.807, 2.05) is 0 Å². The molecule has 0 bridgehead atoms. The molecule has 2 N–H and O–H groups in total. The molecule has 0 radical (unpaired) electrons. The van der Waals surface area contributed by atoms with Gasteiger partial charge in [0.1, 0.15) is 5.41 Å². The molecule has 1 aliphatic rings. The third-order valence-electron chi connectivity index (χ3n) is 4.39. The van der Waals surface area contributed by atoms with Crippen LogP contribution in [0.1, 0.15) is 32.3 Å². The SMILES string of the molecule is CC(C)(C(=O)O)c1ccc(NC(=O)C2(C#N)CCOCC2)cc1. The first-order chi connectivity index (χ1) is 10.8. The highest BCUT2D eigenvalue weighted by molar-refractivity contribution is 5.97. The Balaban J connectivity index is 2.13. The van der Waals surface area contributed by atoms with Crippen LogP contribution in [-0.2, 0) is 19.7 Å². The van der Waals surface area contributed by atoms with Crippen LogP contribution >= 0.6 is 0 Å². The smallest absolute Gasteiger partial charge is 0.313 e. The Morgan fingerprint density at radius 2 is 1.83 bits per heavy atom. The van der Waals surface area contributed by atoms with Crippen LogP contribution < -0.4 is 5.32 Å². The lowest BCUT2D eigenvalue weighted by atomic mass is 9.80. The van der Waals surface area contributed by atoms with Crippen molar-refractivity contribution < 1.29 is 19.4 Å². The molecule has 0 saturated carbocycles. The van der Waals surface area contributed by atoms with Gasteiger partial charge in [-0.25, -0.2) is 0 Å². The van der Waals surface area contributed by atoms with Crippen LogP contribution in [0.15, 0.2) is 24.3 Å². The minimum absolute atomic E-state index is 0.339. The van der Waals surface area contributed by atoms with Gasteiger partial charge in [0.15, 0.2) is 0 Å². The van der Waals surface area contributed by atoms with Gasteiger partial charge in [-0.1, -0.05) is 12.1 Å². The summed E-state index contributed by atoms with van der Waals surface area (Å²) >= 11 is 0. The van der Waals surface area contributed by atoms with Crippen molar-refractivity contribution >= 4 is 17.6 Å². The molecule has 0 spiro atoms. The number of carbonyl (C=O) groups excluding carboxylic acids is 1. The molecule has 0 aliphatic carbocycles. The minimum Gasteiger partial charge on any atom is -0.481 e. The van der Waals surface area contributed by atoms with Gasteiger partial charge in [0.25, 0.3) is 0 Å². The lowest BCUT2D eigenvalue weighted by molar-refractivity contribution is -0.142. The molecular weight excluding hydrogens is 296 g/mol. The number of benzene rings is 1. The largest absolute Gasteiger partial charge is 0.481 e. The molecule has 0 aromatic heterocycles. The number of aliphatic carboxylic acids is 1. The summed E-state index contributed by atoms with van der Waals surface area (Å²) in [6, 6.07) is 8.78. The standard InChI is InChI=1S/C17H20N2O4/c1-16(2,15(21)22)12-3-5-13(6-4-12)19-14(20)17(11-18)7-9-23-10-8-17/h3-6H,7-10H2,1-2H3,(H,19,20)(H,21,22). The number of nitriles is 1. The number of carboxylic acid groups (broad SMARTS) is 1. The molecule has 1 aromatic carbocycles. The zero-order valence-electron chi connectivity index (χ0n) is 13.3. The number of carbonyl (C=O) groups is 2. The van der Waals surface area contributed by atoms with Crippen LogP contribution in [0.3, 0.4) is 0 Å². The molecule has 0 atom stereocenters. The summed E-state index contributed by atoms with van der Waals surface area (Å²) in [7, 11) is 0. The van der Waals surface area contributed by atoms with E-state index < -0.39 is 16.8 Å². The number of ether oxygens (including phenoxy) is 1. The molecule has 122 valence electrons. The Kier molecular flexibility index (Phi) is 4.71. The first kappa shape index (κ1) is 17.0. The topological polar surface area (TPSA) is 99.4 Å². The van der Waals surface area contributed by atoms with Crippen molar-refractivity contribution in [3.63, 3.8) is 0 Å². The normalized spacial score (nSPS) is 17.1. The van der Waals surface area contributed by atoms with Crippen LogP contribution in [-0.4, -0.2) is 30.2 Å². The van der Waals surface area contributed by atoms with E-state index in [4.69, 9.17) is 4.74 Å². The number of rotatable bonds is 4. The highest BCUT2D eigenvalue weighted by Crippen LogP contribution is 2.31. The van der Waals surface area contributed by atoms with Gasteiger partial charge in [0, 0.05) is 18.9 Å². The van der Waals surface area contributed by atoms with Crippen molar-refractivity contribution in [3.05, 3.63) is 29.8 Å². The zero-order chi connectivity index (χ0) is 17.1. The lowest BCUT2D eigenvalue weighted by Crippen LogP contribution is -2.39. The molecule has 6 heteroatoms. The van der Waals surface area contributed by atoms with E-state index in [1.54, 1.807) is 38.1 Å². The molecule has 1 aliphatic heterocycles. The highest BCUT2D eigenvalue weighted by Gasteiger charge is 2.40.